The van der Waals surface area contributed by atoms with Crippen molar-refractivity contribution in [2.45, 2.75) is 13.3 Å². The number of rotatable bonds is 2. The molecule has 2 rings (SSSR count). The molecule has 4 nitrogen and oxygen atoms in total. The van der Waals surface area contributed by atoms with Crippen molar-refractivity contribution in [1.29, 1.82) is 0 Å². The highest BCUT2D eigenvalue weighted by Crippen LogP contribution is 2.13. The van der Waals surface area contributed by atoms with Crippen LogP contribution in [0.15, 0.2) is 18.2 Å². The third kappa shape index (κ3) is 2.72. The van der Waals surface area contributed by atoms with E-state index in [1.165, 1.54) is 12.1 Å². The Bertz CT molecular complexity index is 537. The average Bonchev–Trinajstić information content (AvgIpc) is 2.21. The Labute approximate surface area is 96.5 Å². The van der Waals surface area contributed by atoms with Gasteiger partial charge in [-0.3, -0.25) is 0 Å². The molecule has 17 heavy (non-hydrogen) atoms. The van der Waals surface area contributed by atoms with Gasteiger partial charge < -0.3 is 5.73 Å². The lowest BCUT2D eigenvalue weighted by atomic mass is 10.1. The van der Waals surface area contributed by atoms with Crippen LogP contribution in [0.3, 0.4) is 0 Å². The van der Waals surface area contributed by atoms with E-state index in [-0.39, 0.29) is 12.4 Å². The zero-order valence-corrected chi connectivity index (χ0v) is 9.11. The lowest BCUT2D eigenvalue weighted by Crippen LogP contribution is -2.06. The van der Waals surface area contributed by atoms with Crippen molar-refractivity contribution < 1.29 is 8.78 Å². The summed E-state index contributed by atoms with van der Waals surface area (Å²) in [6.07, 6.45) is 0.152. The minimum absolute atomic E-state index is 0.0926. The molecule has 6 heteroatoms. The van der Waals surface area contributed by atoms with E-state index >= 15 is 0 Å². The Hall–Kier alpha value is -2.11. The van der Waals surface area contributed by atoms with Gasteiger partial charge in [0.2, 0.25) is 5.95 Å². The molecule has 0 saturated heterocycles. The summed E-state index contributed by atoms with van der Waals surface area (Å²) in [6.45, 7) is 1.67. The predicted octanol–water partition coefficient (Wildman–Crippen LogP) is 1.63. The number of nitrogen functional groups attached to an aromatic ring is 1. The summed E-state index contributed by atoms with van der Waals surface area (Å²) in [5, 5.41) is 0. The molecule has 1 aromatic heterocycles. The highest BCUT2D eigenvalue weighted by atomic mass is 19.1. The standard InChI is InChI=1S/C11H10F2N4/c1-6-15-10(17-11(14)16-6)4-7-2-3-8(12)5-9(7)13/h2-3,5H,4H2,1H3,(H2,14,15,16,17). The highest BCUT2D eigenvalue weighted by molar-refractivity contribution is 5.24. The number of aryl methyl sites for hydroxylation is 1. The Balaban J connectivity index is 2.31. The van der Waals surface area contributed by atoms with E-state index in [2.05, 4.69) is 15.0 Å². The predicted molar refractivity (Wildman–Crippen MR) is 58.1 cm³/mol. The van der Waals surface area contributed by atoms with Crippen LogP contribution in [-0.2, 0) is 6.42 Å². The molecule has 0 radical (unpaired) electrons. The third-order valence-electron chi connectivity index (χ3n) is 2.17. The van der Waals surface area contributed by atoms with Gasteiger partial charge in [-0.05, 0) is 18.6 Å². The highest BCUT2D eigenvalue weighted by Gasteiger charge is 2.08. The van der Waals surface area contributed by atoms with Crippen LogP contribution in [-0.4, -0.2) is 15.0 Å². The molecule has 0 fully saturated rings. The van der Waals surface area contributed by atoms with Gasteiger partial charge in [-0.1, -0.05) is 6.07 Å². The monoisotopic (exact) mass is 236 g/mol. The van der Waals surface area contributed by atoms with Gasteiger partial charge in [0.25, 0.3) is 0 Å². The number of benzene rings is 1. The second kappa shape index (κ2) is 4.40. The molecular weight excluding hydrogens is 226 g/mol. The van der Waals surface area contributed by atoms with Gasteiger partial charge in [0.05, 0.1) is 0 Å². The molecule has 0 atom stereocenters. The summed E-state index contributed by atoms with van der Waals surface area (Å²) in [6, 6.07) is 3.38. The Kier molecular flexibility index (Phi) is 2.95. The molecule has 0 aliphatic heterocycles. The van der Waals surface area contributed by atoms with Crippen LogP contribution in [0, 0.1) is 18.6 Å². The van der Waals surface area contributed by atoms with Gasteiger partial charge in [0.15, 0.2) is 0 Å². The minimum atomic E-state index is -0.623. The van der Waals surface area contributed by atoms with Crippen molar-refractivity contribution in [3.8, 4) is 0 Å². The van der Waals surface area contributed by atoms with E-state index < -0.39 is 11.6 Å². The van der Waals surface area contributed by atoms with Crippen LogP contribution < -0.4 is 5.73 Å². The van der Waals surface area contributed by atoms with Crippen LogP contribution in [0.5, 0.6) is 0 Å². The number of halogens is 2. The van der Waals surface area contributed by atoms with Crippen LogP contribution in [0.25, 0.3) is 0 Å². The van der Waals surface area contributed by atoms with Crippen molar-refractivity contribution in [3.05, 3.63) is 47.0 Å². The minimum Gasteiger partial charge on any atom is -0.368 e. The summed E-state index contributed by atoms with van der Waals surface area (Å²) in [5.41, 5.74) is 5.78. The first kappa shape index (κ1) is 11.4. The largest absolute Gasteiger partial charge is 0.368 e. The maximum atomic E-state index is 13.4. The molecule has 0 amide bonds. The van der Waals surface area contributed by atoms with Crippen LogP contribution in [0.2, 0.25) is 0 Å². The second-order valence-corrected chi connectivity index (χ2v) is 3.57. The molecule has 2 aromatic rings. The van der Waals surface area contributed by atoms with Crippen LogP contribution in [0.4, 0.5) is 14.7 Å². The van der Waals surface area contributed by atoms with Crippen molar-refractivity contribution >= 4 is 5.95 Å². The number of hydrogen-bond acceptors (Lipinski definition) is 4. The van der Waals surface area contributed by atoms with Gasteiger partial charge >= 0.3 is 0 Å². The summed E-state index contributed by atoms with van der Waals surface area (Å²) < 4.78 is 26.1. The normalized spacial score (nSPS) is 10.5. The smallest absolute Gasteiger partial charge is 0.223 e. The Morgan fingerprint density at radius 1 is 1.18 bits per heavy atom. The molecule has 2 N–H and O–H groups in total. The van der Waals surface area contributed by atoms with Crippen molar-refractivity contribution in [2.75, 3.05) is 5.73 Å². The van der Waals surface area contributed by atoms with Crippen LogP contribution in [0.1, 0.15) is 17.2 Å². The molecule has 0 saturated carbocycles. The first-order valence-corrected chi connectivity index (χ1v) is 4.95. The first-order valence-electron chi connectivity index (χ1n) is 4.95. The van der Waals surface area contributed by atoms with Crippen molar-refractivity contribution in [1.82, 2.24) is 15.0 Å². The van der Waals surface area contributed by atoms with Crippen molar-refractivity contribution in [2.24, 2.45) is 0 Å². The maximum Gasteiger partial charge on any atom is 0.223 e. The Morgan fingerprint density at radius 2 is 1.94 bits per heavy atom. The van der Waals surface area contributed by atoms with Gasteiger partial charge in [-0.2, -0.15) is 9.97 Å². The molecule has 0 spiro atoms. The van der Waals surface area contributed by atoms with Gasteiger partial charge in [0, 0.05) is 12.5 Å². The number of nitrogens with two attached hydrogens (primary N) is 1. The fraction of sp³-hybridized carbons (Fsp3) is 0.182. The number of hydrogen-bond donors (Lipinski definition) is 1. The summed E-state index contributed by atoms with van der Waals surface area (Å²) in [5.74, 6) is -0.315. The van der Waals surface area contributed by atoms with E-state index in [1.807, 2.05) is 0 Å². The average molecular weight is 236 g/mol. The molecular formula is C11H10F2N4. The molecule has 0 aliphatic carbocycles. The van der Waals surface area contributed by atoms with Crippen molar-refractivity contribution in [3.63, 3.8) is 0 Å². The number of nitrogens with zero attached hydrogens (tertiary/aromatic N) is 3. The molecule has 1 aromatic carbocycles. The van der Waals surface area contributed by atoms with Gasteiger partial charge in [-0.25, -0.2) is 13.8 Å². The van der Waals surface area contributed by atoms with E-state index in [4.69, 9.17) is 5.73 Å². The SMILES string of the molecule is Cc1nc(N)nc(Cc2ccc(F)cc2F)n1. The molecule has 0 bridgehead atoms. The quantitative estimate of drug-likeness (QED) is 0.860. The number of aromatic nitrogens is 3. The third-order valence-corrected chi connectivity index (χ3v) is 2.17. The lowest BCUT2D eigenvalue weighted by Gasteiger charge is -2.04. The fourth-order valence-corrected chi connectivity index (χ4v) is 1.47. The maximum absolute atomic E-state index is 13.4. The van der Waals surface area contributed by atoms with Gasteiger partial charge in [0.1, 0.15) is 23.3 Å². The van der Waals surface area contributed by atoms with E-state index in [9.17, 15) is 8.78 Å². The van der Waals surface area contributed by atoms with E-state index in [0.29, 0.717) is 17.2 Å². The summed E-state index contributed by atoms with van der Waals surface area (Å²) >= 11 is 0. The molecule has 1 heterocycles. The van der Waals surface area contributed by atoms with E-state index in [0.717, 1.165) is 6.07 Å². The zero-order chi connectivity index (χ0) is 12.4. The molecule has 0 unspecified atom stereocenters. The summed E-state index contributed by atoms with van der Waals surface area (Å²) in [7, 11) is 0. The summed E-state index contributed by atoms with van der Waals surface area (Å²) in [4.78, 5) is 11.7. The van der Waals surface area contributed by atoms with Crippen LogP contribution >= 0.6 is 0 Å². The van der Waals surface area contributed by atoms with E-state index in [1.54, 1.807) is 6.92 Å². The molecule has 88 valence electrons. The zero-order valence-electron chi connectivity index (χ0n) is 9.11. The second-order valence-electron chi connectivity index (χ2n) is 3.57. The topological polar surface area (TPSA) is 64.7 Å². The first-order chi connectivity index (χ1) is 8.04. The fourth-order valence-electron chi connectivity index (χ4n) is 1.47. The number of anilines is 1. The lowest BCUT2D eigenvalue weighted by molar-refractivity contribution is 0.573. The molecule has 0 aliphatic rings. The van der Waals surface area contributed by atoms with Gasteiger partial charge in [-0.15, -0.1) is 0 Å². The Morgan fingerprint density at radius 3 is 2.59 bits per heavy atom.